The normalized spacial score (nSPS) is 10.8. The molecular weight excluding hydrogens is 220 g/mol. The van der Waals surface area contributed by atoms with Crippen molar-refractivity contribution in [3.8, 4) is 0 Å². The predicted octanol–water partition coefficient (Wildman–Crippen LogP) is 0.713. The number of hydrogen-bond acceptors (Lipinski definition) is 4. The van der Waals surface area contributed by atoms with Gasteiger partial charge in [0.1, 0.15) is 11.5 Å². The topological polar surface area (TPSA) is 80.4 Å². The number of fused-ring (bicyclic) bond motifs is 1. The molecule has 0 radical (unpaired) electrons. The minimum absolute atomic E-state index is 0.173. The summed E-state index contributed by atoms with van der Waals surface area (Å²) in [5.74, 6) is -0.590. The largest absolute Gasteiger partial charge is 0.481 e. The zero-order valence-electron chi connectivity index (χ0n) is 7.81. The van der Waals surface area contributed by atoms with Crippen molar-refractivity contribution in [3.05, 3.63) is 22.7 Å². The van der Waals surface area contributed by atoms with Crippen molar-refractivity contribution < 1.29 is 9.90 Å². The van der Waals surface area contributed by atoms with Gasteiger partial charge in [-0.15, -0.1) is 0 Å². The number of nitrogens with zero attached hydrogens (tertiary/aromatic N) is 4. The van der Waals surface area contributed by atoms with E-state index in [1.807, 2.05) is 0 Å². The summed E-state index contributed by atoms with van der Waals surface area (Å²) < 4.78 is 1.31. The van der Waals surface area contributed by atoms with Gasteiger partial charge in [-0.3, -0.25) is 4.79 Å². The molecule has 6 nitrogen and oxygen atoms in total. The fraction of sp³-hybridized carbons (Fsp3) is 0.250. The summed E-state index contributed by atoms with van der Waals surface area (Å²) in [6.07, 6.45) is 1.14. The summed E-state index contributed by atoms with van der Waals surface area (Å²) in [6, 6.07) is 0. The Morgan fingerprint density at radius 2 is 2.40 bits per heavy atom. The summed E-state index contributed by atoms with van der Waals surface area (Å²) in [4.78, 5) is 18.6. The van der Waals surface area contributed by atoms with E-state index in [-0.39, 0.29) is 11.6 Å². The highest BCUT2D eigenvalue weighted by atomic mass is 35.5. The molecule has 0 atom stereocenters. The maximum absolute atomic E-state index is 10.6. The molecule has 0 amide bonds. The number of carboxylic acids is 1. The van der Waals surface area contributed by atoms with E-state index in [9.17, 15) is 4.79 Å². The van der Waals surface area contributed by atoms with Crippen LogP contribution in [0.15, 0.2) is 6.33 Å². The molecule has 0 aliphatic heterocycles. The Bertz CT molecular complexity index is 537. The third-order valence-electron chi connectivity index (χ3n) is 2.00. The lowest BCUT2D eigenvalue weighted by Crippen LogP contribution is -2.08. The molecule has 0 bridgehead atoms. The molecule has 0 spiro atoms. The van der Waals surface area contributed by atoms with Crippen LogP contribution >= 0.6 is 11.6 Å². The molecule has 0 saturated heterocycles. The number of halogens is 1. The first-order chi connectivity index (χ1) is 7.09. The fourth-order valence-electron chi connectivity index (χ4n) is 1.30. The van der Waals surface area contributed by atoms with Crippen molar-refractivity contribution in [1.82, 2.24) is 19.6 Å². The van der Waals surface area contributed by atoms with Crippen molar-refractivity contribution in [3.63, 3.8) is 0 Å². The Morgan fingerprint density at radius 3 is 3.07 bits per heavy atom. The van der Waals surface area contributed by atoms with Gasteiger partial charge in [-0.05, 0) is 6.92 Å². The highest BCUT2D eigenvalue weighted by Crippen LogP contribution is 2.19. The number of aryl methyl sites for hydroxylation is 1. The second kappa shape index (κ2) is 3.47. The van der Waals surface area contributed by atoms with Crippen LogP contribution in [0.5, 0.6) is 0 Å². The Balaban J connectivity index is 2.66. The standard InChI is InChI=1S/C8H7ClN4O2/c1-4-5(2-6(14)15)7(9)13-8(12-4)10-3-11-13/h3H,2H2,1H3,(H,14,15). The zero-order chi connectivity index (χ0) is 11.0. The molecule has 2 rings (SSSR count). The van der Waals surface area contributed by atoms with Crippen LogP contribution in [-0.4, -0.2) is 30.7 Å². The zero-order valence-corrected chi connectivity index (χ0v) is 8.56. The lowest BCUT2D eigenvalue weighted by atomic mass is 10.2. The number of carboxylic acid groups (broad SMARTS) is 1. The molecule has 0 aliphatic carbocycles. The van der Waals surface area contributed by atoms with Gasteiger partial charge in [0.25, 0.3) is 5.78 Å². The molecule has 0 saturated carbocycles. The van der Waals surface area contributed by atoms with Crippen molar-refractivity contribution in [1.29, 1.82) is 0 Å². The van der Waals surface area contributed by atoms with Crippen molar-refractivity contribution >= 4 is 23.3 Å². The SMILES string of the molecule is Cc1nc2ncnn2c(Cl)c1CC(=O)O. The Morgan fingerprint density at radius 1 is 1.67 bits per heavy atom. The number of aliphatic carboxylic acids is 1. The first kappa shape index (κ1) is 9.85. The van der Waals surface area contributed by atoms with E-state index >= 15 is 0 Å². The fourth-order valence-corrected chi connectivity index (χ4v) is 1.62. The Hall–Kier alpha value is -1.69. The Kier molecular flexibility index (Phi) is 2.28. The minimum atomic E-state index is -0.957. The summed E-state index contributed by atoms with van der Waals surface area (Å²) >= 11 is 5.99. The van der Waals surface area contributed by atoms with Crippen LogP contribution in [0.4, 0.5) is 0 Å². The summed E-state index contributed by atoms with van der Waals surface area (Å²) in [6.45, 7) is 1.69. The monoisotopic (exact) mass is 226 g/mol. The molecule has 2 aromatic heterocycles. The van der Waals surface area contributed by atoms with Crippen molar-refractivity contribution in [2.75, 3.05) is 0 Å². The summed E-state index contributed by atoms with van der Waals surface area (Å²) in [7, 11) is 0. The highest BCUT2D eigenvalue weighted by Gasteiger charge is 2.14. The molecular formula is C8H7ClN4O2. The van der Waals surface area contributed by atoms with E-state index in [1.165, 1.54) is 10.8 Å². The van der Waals surface area contributed by atoms with E-state index in [0.717, 1.165) is 0 Å². The first-order valence-electron chi connectivity index (χ1n) is 4.16. The van der Waals surface area contributed by atoms with Crippen LogP contribution < -0.4 is 0 Å². The average molecular weight is 227 g/mol. The number of carbonyl (C=O) groups is 1. The quantitative estimate of drug-likeness (QED) is 0.763. The third kappa shape index (κ3) is 1.63. The maximum atomic E-state index is 10.6. The molecule has 2 heterocycles. The number of rotatable bonds is 2. The summed E-state index contributed by atoms with van der Waals surface area (Å²) in [5, 5.41) is 12.8. The van der Waals surface area contributed by atoms with Gasteiger partial charge in [-0.1, -0.05) is 11.6 Å². The molecule has 7 heteroatoms. The lowest BCUT2D eigenvalue weighted by molar-refractivity contribution is -0.136. The van der Waals surface area contributed by atoms with Gasteiger partial charge in [0.2, 0.25) is 0 Å². The smallest absolute Gasteiger partial charge is 0.308 e. The van der Waals surface area contributed by atoms with Crippen LogP contribution in [0.1, 0.15) is 11.3 Å². The molecule has 0 aliphatic rings. The first-order valence-corrected chi connectivity index (χ1v) is 4.54. The van der Waals surface area contributed by atoms with Gasteiger partial charge in [0.05, 0.1) is 6.42 Å². The average Bonchev–Trinajstić information content (AvgIpc) is 2.59. The Labute approximate surface area is 89.5 Å². The van der Waals surface area contributed by atoms with Crippen LogP contribution in [-0.2, 0) is 11.2 Å². The lowest BCUT2D eigenvalue weighted by Gasteiger charge is -2.05. The van der Waals surface area contributed by atoms with Gasteiger partial charge < -0.3 is 5.11 Å². The van der Waals surface area contributed by atoms with Crippen molar-refractivity contribution in [2.24, 2.45) is 0 Å². The van der Waals surface area contributed by atoms with Crippen LogP contribution in [0, 0.1) is 6.92 Å². The van der Waals surface area contributed by atoms with Gasteiger partial charge in [0, 0.05) is 11.3 Å². The number of aromatic nitrogens is 4. The van der Waals surface area contributed by atoms with Crippen molar-refractivity contribution in [2.45, 2.75) is 13.3 Å². The second-order valence-corrected chi connectivity index (χ2v) is 3.37. The molecule has 2 aromatic rings. The molecule has 78 valence electrons. The summed E-state index contributed by atoms with van der Waals surface area (Å²) in [5.41, 5.74) is 1.02. The van der Waals surface area contributed by atoms with Gasteiger partial charge in [0.15, 0.2) is 0 Å². The second-order valence-electron chi connectivity index (χ2n) is 3.01. The van der Waals surface area contributed by atoms with E-state index in [0.29, 0.717) is 17.0 Å². The third-order valence-corrected chi connectivity index (χ3v) is 2.39. The van der Waals surface area contributed by atoms with Gasteiger partial charge in [-0.2, -0.15) is 14.6 Å². The van der Waals surface area contributed by atoms with E-state index < -0.39 is 5.97 Å². The predicted molar refractivity (Wildman–Crippen MR) is 51.9 cm³/mol. The van der Waals surface area contributed by atoms with Crippen LogP contribution in [0.3, 0.4) is 0 Å². The molecule has 15 heavy (non-hydrogen) atoms. The van der Waals surface area contributed by atoms with E-state index in [4.69, 9.17) is 16.7 Å². The molecule has 1 N–H and O–H groups in total. The van der Waals surface area contributed by atoms with Crippen LogP contribution in [0.2, 0.25) is 5.15 Å². The molecule has 0 aromatic carbocycles. The highest BCUT2D eigenvalue weighted by molar-refractivity contribution is 6.30. The van der Waals surface area contributed by atoms with Crippen LogP contribution in [0.25, 0.3) is 5.78 Å². The molecule has 0 unspecified atom stereocenters. The van der Waals surface area contributed by atoms with Gasteiger partial charge in [-0.25, -0.2) is 4.98 Å². The van der Waals surface area contributed by atoms with E-state index in [1.54, 1.807) is 6.92 Å². The number of hydrogen-bond donors (Lipinski definition) is 1. The minimum Gasteiger partial charge on any atom is -0.481 e. The maximum Gasteiger partial charge on any atom is 0.308 e. The van der Waals surface area contributed by atoms with E-state index in [2.05, 4.69) is 15.1 Å². The molecule has 0 fully saturated rings. The van der Waals surface area contributed by atoms with Gasteiger partial charge >= 0.3 is 5.97 Å².